The molecule has 1 aromatic rings. The second-order valence-corrected chi connectivity index (χ2v) is 8.86. The lowest BCUT2D eigenvalue weighted by Crippen LogP contribution is -2.43. The molecular weight excluding hydrogens is 330 g/mol. The zero-order valence-corrected chi connectivity index (χ0v) is 16.4. The van der Waals surface area contributed by atoms with Gasteiger partial charge in [0.1, 0.15) is 6.29 Å². The van der Waals surface area contributed by atoms with Gasteiger partial charge in [-0.3, -0.25) is 4.79 Å². The van der Waals surface area contributed by atoms with Crippen LogP contribution in [-0.4, -0.2) is 22.8 Å². The highest BCUT2D eigenvalue weighted by molar-refractivity contribution is 8.14. The summed E-state index contributed by atoms with van der Waals surface area (Å²) in [6, 6.07) is 8.09. The molecule has 1 N–H and O–H groups in total. The van der Waals surface area contributed by atoms with Crippen LogP contribution in [0.25, 0.3) is 0 Å². The van der Waals surface area contributed by atoms with E-state index in [1.54, 1.807) is 0 Å². The van der Waals surface area contributed by atoms with Crippen molar-refractivity contribution in [3.63, 3.8) is 0 Å². The number of thioether (sulfide) groups is 1. The molecule has 1 aliphatic rings. The van der Waals surface area contributed by atoms with Crippen LogP contribution in [0.5, 0.6) is 0 Å². The highest BCUT2D eigenvalue weighted by atomic mass is 32.2. The molecule has 0 unspecified atom stereocenters. The molecule has 4 heteroatoms. The first-order valence-corrected chi connectivity index (χ1v) is 9.56. The van der Waals surface area contributed by atoms with Crippen LogP contribution in [-0.2, 0) is 4.79 Å². The number of amides is 1. The number of aldehydes is 1. The van der Waals surface area contributed by atoms with E-state index in [0.29, 0.717) is 5.25 Å². The Hall–Kier alpha value is -1.29. The lowest BCUT2D eigenvalue weighted by atomic mass is 9.88. The zero-order chi connectivity index (χ0) is 18.2. The van der Waals surface area contributed by atoms with Gasteiger partial charge in [0.2, 0.25) is 0 Å². The minimum Gasteiger partial charge on any atom is -0.337 e. The Labute approximate surface area is 158 Å². The topological polar surface area (TPSA) is 46.2 Å². The maximum absolute atomic E-state index is 11.7. The Morgan fingerprint density at radius 3 is 1.92 bits per heavy atom. The molecule has 0 radical (unpaired) electrons. The van der Waals surface area contributed by atoms with Crippen molar-refractivity contribution in [1.29, 1.82) is 0 Å². The highest BCUT2D eigenvalue weighted by Gasteiger charge is 2.27. The van der Waals surface area contributed by atoms with Gasteiger partial charge >= 0.3 is 0 Å². The maximum Gasteiger partial charge on any atom is 0.279 e. The Balaban J connectivity index is 0.000000540. The minimum atomic E-state index is -0.395. The van der Waals surface area contributed by atoms with Crippen molar-refractivity contribution in [3.05, 3.63) is 35.4 Å². The number of benzene rings is 1. The van der Waals surface area contributed by atoms with E-state index < -0.39 is 6.04 Å². The van der Waals surface area contributed by atoms with Crippen molar-refractivity contribution in [2.75, 3.05) is 0 Å². The Morgan fingerprint density at radius 2 is 1.56 bits per heavy atom. The fraction of sp³-hybridized carbons (Fsp3) is 0.619. The van der Waals surface area contributed by atoms with Gasteiger partial charge in [-0.25, -0.2) is 0 Å². The molecule has 2 rings (SSSR count). The summed E-state index contributed by atoms with van der Waals surface area (Å²) in [6.07, 6.45) is 5.52. The number of aryl methyl sites for hydroxylation is 2. The van der Waals surface area contributed by atoms with Gasteiger partial charge in [-0.05, 0) is 32.1 Å². The molecule has 0 saturated heterocycles. The molecule has 142 valence electrons. The maximum atomic E-state index is 11.7. The van der Waals surface area contributed by atoms with E-state index in [1.807, 2.05) is 20.8 Å². The van der Waals surface area contributed by atoms with Crippen LogP contribution in [0.3, 0.4) is 0 Å². The Bertz CT molecular complexity index is 493. The molecule has 0 aliphatic heterocycles. The van der Waals surface area contributed by atoms with Gasteiger partial charge in [-0.15, -0.1) is 0 Å². The monoisotopic (exact) mass is 365 g/mol. The summed E-state index contributed by atoms with van der Waals surface area (Å²) in [7, 11) is 0. The molecule has 3 nitrogen and oxygen atoms in total. The molecule has 1 amide bonds. The molecule has 0 spiro atoms. The quantitative estimate of drug-likeness (QED) is 0.676. The van der Waals surface area contributed by atoms with Crippen LogP contribution in [0, 0.1) is 19.3 Å². The van der Waals surface area contributed by atoms with Crippen molar-refractivity contribution in [2.24, 2.45) is 5.41 Å². The number of hydrogen-bond donors (Lipinski definition) is 1. The van der Waals surface area contributed by atoms with E-state index in [1.165, 1.54) is 35.7 Å². The molecule has 0 heterocycles. The summed E-state index contributed by atoms with van der Waals surface area (Å²) < 4.78 is 0. The van der Waals surface area contributed by atoms with Crippen LogP contribution < -0.4 is 5.32 Å². The van der Waals surface area contributed by atoms with E-state index in [4.69, 9.17) is 0 Å². The lowest BCUT2D eigenvalue weighted by Gasteiger charge is -2.26. The predicted octanol–water partition coefficient (Wildman–Crippen LogP) is 5.92. The molecular formula is C21H35NO2S. The summed E-state index contributed by atoms with van der Waals surface area (Å²) >= 11 is 1.36. The van der Waals surface area contributed by atoms with E-state index in [-0.39, 0.29) is 18.1 Å². The van der Waals surface area contributed by atoms with Gasteiger partial charge in [0.15, 0.2) is 0 Å². The standard InChI is InChI=1S/C12H21NO2S.C8H10.CH4/c1-12(2,3)10(8-14)13-11(15)16-9-6-4-5-7-9;1-7-3-5-8(2)6-4-7;/h8-10H,4-7H2,1-3H3,(H,13,15);3-6H,1-2H3;1H4/t10-;;/m1../s1. The second kappa shape index (κ2) is 11.3. The van der Waals surface area contributed by atoms with Crippen molar-refractivity contribution in [1.82, 2.24) is 5.32 Å². The molecule has 1 atom stereocenters. The molecule has 1 fully saturated rings. The summed E-state index contributed by atoms with van der Waals surface area (Å²) in [5, 5.41) is 3.18. The van der Waals surface area contributed by atoms with Gasteiger partial charge < -0.3 is 10.1 Å². The third kappa shape index (κ3) is 9.69. The summed E-state index contributed by atoms with van der Waals surface area (Å²) in [6.45, 7) is 10.0. The van der Waals surface area contributed by atoms with Gasteiger partial charge in [-0.2, -0.15) is 0 Å². The Kier molecular flexibility index (Phi) is 10.8. The molecule has 0 bridgehead atoms. The van der Waals surface area contributed by atoms with Gasteiger partial charge in [0.05, 0.1) is 6.04 Å². The number of hydrogen-bond acceptors (Lipinski definition) is 3. The highest BCUT2D eigenvalue weighted by Crippen LogP contribution is 2.30. The fourth-order valence-electron chi connectivity index (χ4n) is 2.41. The molecule has 0 aromatic heterocycles. The van der Waals surface area contributed by atoms with Crippen molar-refractivity contribution >= 4 is 23.3 Å². The molecule has 1 saturated carbocycles. The van der Waals surface area contributed by atoms with Gasteiger partial charge in [0.25, 0.3) is 5.24 Å². The van der Waals surface area contributed by atoms with E-state index in [9.17, 15) is 9.59 Å². The van der Waals surface area contributed by atoms with Gasteiger partial charge in [0, 0.05) is 5.25 Å². The smallest absolute Gasteiger partial charge is 0.279 e. The average molecular weight is 366 g/mol. The van der Waals surface area contributed by atoms with Gasteiger partial charge in [-0.1, -0.05) is 88.2 Å². The van der Waals surface area contributed by atoms with E-state index in [2.05, 4.69) is 43.4 Å². The molecule has 25 heavy (non-hydrogen) atoms. The molecule has 1 aromatic carbocycles. The number of nitrogens with one attached hydrogen (secondary N) is 1. The summed E-state index contributed by atoms with van der Waals surface area (Å²) in [5.74, 6) is 0. The third-order valence-corrected chi connectivity index (χ3v) is 5.27. The minimum absolute atomic E-state index is 0. The van der Waals surface area contributed by atoms with E-state index in [0.717, 1.165) is 19.1 Å². The normalized spacial score (nSPS) is 15.4. The predicted molar refractivity (Wildman–Crippen MR) is 110 cm³/mol. The summed E-state index contributed by atoms with van der Waals surface area (Å²) in [5.41, 5.74) is 2.44. The Morgan fingerprint density at radius 1 is 1.12 bits per heavy atom. The van der Waals surface area contributed by atoms with Crippen molar-refractivity contribution < 1.29 is 9.59 Å². The van der Waals surface area contributed by atoms with Crippen LogP contribution in [0.15, 0.2) is 24.3 Å². The second-order valence-electron chi connectivity index (χ2n) is 7.59. The fourth-order valence-corrected chi connectivity index (χ4v) is 3.48. The van der Waals surface area contributed by atoms with Crippen LogP contribution in [0.2, 0.25) is 0 Å². The van der Waals surface area contributed by atoms with E-state index >= 15 is 0 Å². The zero-order valence-electron chi connectivity index (χ0n) is 15.6. The van der Waals surface area contributed by atoms with Crippen molar-refractivity contribution in [2.45, 2.75) is 79.0 Å². The largest absolute Gasteiger partial charge is 0.337 e. The SMILES string of the molecule is C.CC(C)(C)[C@@H](C=O)NC(=O)SC1CCCC1.Cc1ccc(C)cc1. The lowest BCUT2D eigenvalue weighted by molar-refractivity contribution is -0.111. The summed E-state index contributed by atoms with van der Waals surface area (Å²) in [4.78, 5) is 22.6. The average Bonchev–Trinajstić information content (AvgIpc) is 3.00. The number of carbonyl (C=O) groups excluding carboxylic acids is 2. The van der Waals surface area contributed by atoms with Crippen LogP contribution in [0.1, 0.15) is 65.0 Å². The molecule has 1 aliphatic carbocycles. The van der Waals surface area contributed by atoms with Crippen molar-refractivity contribution in [3.8, 4) is 0 Å². The first-order valence-electron chi connectivity index (χ1n) is 8.68. The third-order valence-electron chi connectivity index (χ3n) is 4.14. The first-order chi connectivity index (χ1) is 11.2. The number of carbonyl (C=O) groups is 2. The van der Waals surface area contributed by atoms with Crippen LogP contribution >= 0.6 is 11.8 Å². The first kappa shape index (κ1) is 23.7. The van der Waals surface area contributed by atoms with Crippen LogP contribution in [0.4, 0.5) is 4.79 Å². The number of rotatable bonds is 3.